The number of esters is 1. The fourth-order valence-electron chi connectivity index (χ4n) is 2.01. The number of amides is 1. The van der Waals surface area contributed by atoms with Crippen molar-refractivity contribution in [1.29, 1.82) is 0 Å². The van der Waals surface area contributed by atoms with Crippen LogP contribution in [0.3, 0.4) is 0 Å². The summed E-state index contributed by atoms with van der Waals surface area (Å²) in [6, 6.07) is 0. The Kier molecular flexibility index (Phi) is 5.17. The van der Waals surface area contributed by atoms with Crippen LogP contribution in [-0.2, 0) is 14.3 Å². The summed E-state index contributed by atoms with van der Waals surface area (Å²) >= 11 is 0. The highest BCUT2D eigenvalue weighted by Crippen LogP contribution is 2.21. The molecule has 18 heavy (non-hydrogen) atoms. The fraction of sp³-hybridized carbons (Fsp3) is 0.857. The average Bonchev–Trinajstić information content (AvgIpc) is 2.27. The fourth-order valence-corrected chi connectivity index (χ4v) is 2.01. The third-order valence-electron chi connectivity index (χ3n) is 3.37. The van der Waals surface area contributed by atoms with E-state index in [4.69, 9.17) is 4.74 Å². The van der Waals surface area contributed by atoms with E-state index in [0.717, 1.165) is 19.3 Å². The first kappa shape index (κ1) is 15.0. The van der Waals surface area contributed by atoms with Crippen LogP contribution in [0.25, 0.3) is 0 Å². The van der Waals surface area contributed by atoms with Crippen LogP contribution >= 0.6 is 0 Å². The first-order valence-electron chi connectivity index (χ1n) is 6.72. The number of carbonyl (C=O) groups is 2. The molecule has 104 valence electrons. The van der Waals surface area contributed by atoms with E-state index in [1.54, 1.807) is 11.8 Å². The van der Waals surface area contributed by atoms with Crippen molar-refractivity contribution in [3.05, 3.63) is 0 Å². The topological polar surface area (TPSA) is 46.6 Å². The molecule has 1 amide bonds. The van der Waals surface area contributed by atoms with Crippen LogP contribution in [0.1, 0.15) is 47.0 Å². The van der Waals surface area contributed by atoms with Crippen LogP contribution in [0.15, 0.2) is 0 Å². The quantitative estimate of drug-likeness (QED) is 0.726. The van der Waals surface area contributed by atoms with Gasteiger partial charge in [-0.05, 0) is 24.7 Å². The lowest BCUT2D eigenvalue weighted by molar-refractivity contribution is -0.152. The minimum absolute atomic E-state index is 0.0273. The molecule has 0 aromatic carbocycles. The molecule has 0 atom stereocenters. The van der Waals surface area contributed by atoms with Crippen molar-refractivity contribution in [1.82, 2.24) is 4.90 Å². The Morgan fingerprint density at radius 3 is 2.22 bits per heavy atom. The van der Waals surface area contributed by atoms with Gasteiger partial charge in [0.05, 0.1) is 12.5 Å². The van der Waals surface area contributed by atoms with Crippen molar-refractivity contribution in [3.63, 3.8) is 0 Å². The number of piperidine rings is 1. The van der Waals surface area contributed by atoms with Gasteiger partial charge in [-0.3, -0.25) is 9.59 Å². The molecule has 0 aromatic heterocycles. The highest BCUT2D eigenvalue weighted by atomic mass is 16.5. The van der Waals surface area contributed by atoms with Crippen LogP contribution in [0, 0.1) is 11.3 Å². The Morgan fingerprint density at radius 2 is 1.78 bits per heavy atom. The molecule has 1 heterocycles. The van der Waals surface area contributed by atoms with Crippen LogP contribution in [0.4, 0.5) is 0 Å². The maximum absolute atomic E-state index is 11.8. The SMILES string of the molecule is CC(=O)N1CCC(C(=O)OCCC(C)(C)C)CC1. The average molecular weight is 255 g/mol. The summed E-state index contributed by atoms with van der Waals surface area (Å²) in [5.74, 6) is -0.0300. The van der Waals surface area contributed by atoms with Gasteiger partial charge in [-0.1, -0.05) is 20.8 Å². The van der Waals surface area contributed by atoms with Gasteiger partial charge in [0.15, 0.2) is 0 Å². The molecule has 0 spiro atoms. The van der Waals surface area contributed by atoms with Crippen molar-refractivity contribution < 1.29 is 14.3 Å². The maximum atomic E-state index is 11.8. The maximum Gasteiger partial charge on any atom is 0.309 e. The monoisotopic (exact) mass is 255 g/mol. The summed E-state index contributed by atoms with van der Waals surface area (Å²) in [6.07, 6.45) is 2.34. The highest BCUT2D eigenvalue weighted by molar-refractivity contribution is 5.75. The summed E-state index contributed by atoms with van der Waals surface area (Å²) in [4.78, 5) is 24.8. The van der Waals surface area contributed by atoms with E-state index >= 15 is 0 Å². The number of nitrogens with zero attached hydrogens (tertiary/aromatic N) is 1. The first-order valence-corrected chi connectivity index (χ1v) is 6.72. The van der Waals surface area contributed by atoms with Gasteiger partial charge in [-0.15, -0.1) is 0 Å². The summed E-state index contributed by atoms with van der Waals surface area (Å²) < 4.78 is 5.31. The third kappa shape index (κ3) is 5.07. The van der Waals surface area contributed by atoms with E-state index < -0.39 is 0 Å². The van der Waals surface area contributed by atoms with Crippen molar-refractivity contribution >= 4 is 11.9 Å². The summed E-state index contributed by atoms with van der Waals surface area (Å²) in [5, 5.41) is 0. The minimum atomic E-state index is -0.0950. The second kappa shape index (κ2) is 6.21. The number of hydrogen-bond donors (Lipinski definition) is 0. The summed E-state index contributed by atoms with van der Waals surface area (Å²) in [7, 11) is 0. The van der Waals surface area contributed by atoms with Gasteiger partial charge in [0, 0.05) is 20.0 Å². The number of likely N-dealkylation sites (tertiary alicyclic amines) is 1. The molecule has 0 radical (unpaired) electrons. The molecule has 1 fully saturated rings. The predicted molar refractivity (Wildman–Crippen MR) is 70.0 cm³/mol. The lowest BCUT2D eigenvalue weighted by Crippen LogP contribution is -2.39. The molecule has 0 bridgehead atoms. The molecule has 1 rings (SSSR count). The molecule has 4 heteroatoms. The van der Waals surface area contributed by atoms with Crippen LogP contribution in [0.2, 0.25) is 0 Å². The zero-order valence-corrected chi connectivity index (χ0v) is 12.0. The second-order valence-corrected chi connectivity index (χ2v) is 6.26. The zero-order chi connectivity index (χ0) is 13.8. The molecule has 1 saturated heterocycles. The number of hydrogen-bond acceptors (Lipinski definition) is 3. The number of ether oxygens (including phenoxy) is 1. The number of rotatable bonds is 3. The molecular formula is C14H25NO3. The van der Waals surface area contributed by atoms with Crippen molar-refractivity contribution in [2.45, 2.75) is 47.0 Å². The largest absolute Gasteiger partial charge is 0.465 e. The van der Waals surface area contributed by atoms with E-state index in [-0.39, 0.29) is 23.2 Å². The van der Waals surface area contributed by atoms with Gasteiger partial charge < -0.3 is 9.64 Å². The van der Waals surface area contributed by atoms with Gasteiger partial charge in [0.25, 0.3) is 0 Å². The van der Waals surface area contributed by atoms with Gasteiger partial charge in [-0.25, -0.2) is 0 Å². The molecular weight excluding hydrogens is 230 g/mol. The molecule has 0 saturated carbocycles. The Morgan fingerprint density at radius 1 is 1.22 bits per heavy atom. The summed E-state index contributed by atoms with van der Waals surface area (Å²) in [6.45, 7) is 9.81. The molecule has 1 aliphatic rings. The molecule has 1 aliphatic heterocycles. The van der Waals surface area contributed by atoms with E-state index in [1.165, 1.54) is 0 Å². The summed E-state index contributed by atoms with van der Waals surface area (Å²) in [5.41, 5.74) is 0.193. The Hall–Kier alpha value is -1.06. The van der Waals surface area contributed by atoms with Gasteiger partial charge in [0.1, 0.15) is 0 Å². The smallest absolute Gasteiger partial charge is 0.309 e. The zero-order valence-electron chi connectivity index (χ0n) is 12.0. The van der Waals surface area contributed by atoms with E-state index in [9.17, 15) is 9.59 Å². The second-order valence-electron chi connectivity index (χ2n) is 6.26. The standard InChI is InChI=1S/C14H25NO3/c1-11(16)15-8-5-12(6-9-15)13(17)18-10-7-14(2,3)4/h12H,5-10H2,1-4H3. The van der Waals surface area contributed by atoms with E-state index in [0.29, 0.717) is 19.7 Å². The van der Waals surface area contributed by atoms with Crippen molar-refractivity contribution in [3.8, 4) is 0 Å². The van der Waals surface area contributed by atoms with Gasteiger partial charge >= 0.3 is 5.97 Å². The lowest BCUT2D eigenvalue weighted by atomic mass is 9.93. The Balaban J connectivity index is 2.26. The lowest BCUT2D eigenvalue weighted by Gasteiger charge is -2.30. The third-order valence-corrected chi connectivity index (χ3v) is 3.37. The first-order chi connectivity index (χ1) is 8.29. The van der Waals surface area contributed by atoms with Gasteiger partial charge in [0.2, 0.25) is 5.91 Å². The molecule has 0 unspecified atom stereocenters. The van der Waals surface area contributed by atoms with Crippen LogP contribution in [0.5, 0.6) is 0 Å². The van der Waals surface area contributed by atoms with Crippen molar-refractivity contribution in [2.24, 2.45) is 11.3 Å². The molecule has 0 N–H and O–H groups in total. The Labute approximate surface area is 110 Å². The Bertz CT molecular complexity index is 299. The normalized spacial score (nSPS) is 17.7. The van der Waals surface area contributed by atoms with Crippen molar-refractivity contribution in [2.75, 3.05) is 19.7 Å². The highest BCUT2D eigenvalue weighted by Gasteiger charge is 2.27. The van der Waals surface area contributed by atoms with Gasteiger partial charge in [-0.2, -0.15) is 0 Å². The molecule has 0 aromatic rings. The van der Waals surface area contributed by atoms with E-state index in [2.05, 4.69) is 20.8 Å². The molecule has 4 nitrogen and oxygen atoms in total. The minimum Gasteiger partial charge on any atom is -0.465 e. The molecule has 0 aliphatic carbocycles. The van der Waals surface area contributed by atoms with Crippen LogP contribution in [-0.4, -0.2) is 36.5 Å². The number of carbonyl (C=O) groups excluding carboxylic acids is 2. The predicted octanol–water partition coefficient (Wildman–Crippen LogP) is 2.22. The van der Waals surface area contributed by atoms with Crippen LogP contribution < -0.4 is 0 Å². The van der Waals surface area contributed by atoms with E-state index in [1.807, 2.05) is 0 Å².